The fourth-order valence-corrected chi connectivity index (χ4v) is 5.14. The van der Waals surface area contributed by atoms with E-state index < -0.39 is 0 Å². The Morgan fingerprint density at radius 3 is 2.73 bits per heavy atom. The third-order valence-corrected chi connectivity index (χ3v) is 6.27. The molecule has 0 aromatic heterocycles. The van der Waals surface area contributed by atoms with Crippen LogP contribution in [0.2, 0.25) is 0 Å². The Bertz CT molecular complexity index is 943. The quantitative estimate of drug-likeness (QED) is 0.683. The molecule has 2 heterocycles. The Labute approximate surface area is 181 Å². The van der Waals surface area contributed by atoms with Crippen LogP contribution in [0.4, 0.5) is 5.69 Å². The average molecular weight is 409 g/mol. The molecule has 2 aliphatic rings. The zero-order chi connectivity index (χ0) is 21.5. The van der Waals surface area contributed by atoms with Crippen LogP contribution in [0.1, 0.15) is 74.5 Å². The van der Waals surface area contributed by atoms with E-state index >= 15 is 0 Å². The monoisotopic (exact) mass is 408 g/mol. The highest BCUT2D eigenvalue weighted by molar-refractivity contribution is 5.81. The summed E-state index contributed by atoms with van der Waals surface area (Å²) in [5, 5.41) is 3.65. The summed E-state index contributed by atoms with van der Waals surface area (Å²) in [6.07, 6.45) is 4.33. The van der Waals surface area contributed by atoms with Crippen LogP contribution in [0.5, 0.6) is 5.75 Å². The molecule has 30 heavy (non-hydrogen) atoms. The van der Waals surface area contributed by atoms with Crippen LogP contribution in [-0.2, 0) is 24.1 Å². The van der Waals surface area contributed by atoms with Gasteiger partial charge in [-0.2, -0.15) is 0 Å². The number of nitrogens with one attached hydrogen (secondary N) is 1. The molecule has 1 unspecified atom stereocenters. The summed E-state index contributed by atoms with van der Waals surface area (Å²) in [5.74, 6) is 1.03. The van der Waals surface area contributed by atoms with Crippen LogP contribution in [0.25, 0.3) is 11.1 Å². The molecule has 162 valence electrons. The van der Waals surface area contributed by atoms with Gasteiger partial charge >= 0.3 is 0 Å². The summed E-state index contributed by atoms with van der Waals surface area (Å²) in [6, 6.07) is 6.68. The lowest BCUT2D eigenvalue weighted by Gasteiger charge is -2.34. The standard InChI is InChI=1S/C26H36N2O2/c1-16-21(15-27)25-20(9-6-12-28-25)24(17(2)30-26(3,4)5)23(16)19-10-11-22-18(14-19)8-7-13-29-22/h10-11,14,17,28H,6-9,12-13,15,27H2,1-5H3. The van der Waals surface area contributed by atoms with E-state index in [0.717, 1.165) is 44.6 Å². The van der Waals surface area contributed by atoms with E-state index in [9.17, 15) is 0 Å². The second-order valence-electron chi connectivity index (χ2n) is 9.63. The lowest BCUT2D eigenvalue weighted by atomic mass is 9.81. The fourth-order valence-electron chi connectivity index (χ4n) is 5.14. The lowest BCUT2D eigenvalue weighted by Crippen LogP contribution is -2.25. The van der Waals surface area contributed by atoms with Crippen LogP contribution < -0.4 is 15.8 Å². The number of benzene rings is 2. The van der Waals surface area contributed by atoms with Crippen molar-refractivity contribution in [1.82, 2.24) is 0 Å². The zero-order valence-corrected chi connectivity index (χ0v) is 19.2. The van der Waals surface area contributed by atoms with Crippen molar-refractivity contribution in [2.24, 2.45) is 5.73 Å². The van der Waals surface area contributed by atoms with Crippen molar-refractivity contribution < 1.29 is 9.47 Å². The van der Waals surface area contributed by atoms with Crippen LogP contribution in [0, 0.1) is 6.92 Å². The van der Waals surface area contributed by atoms with E-state index in [1.807, 2.05) is 0 Å². The largest absolute Gasteiger partial charge is 0.493 e. The number of hydrogen-bond donors (Lipinski definition) is 2. The van der Waals surface area contributed by atoms with Crippen LogP contribution in [0.3, 0.4) is 0 Å². The van der Waals surface area contributed by atoms with Crippen molar-refractivity contribution in [2.45, 2.75) is 78.6 Å². The van der Waals surface area contributed by atoms with Gasteiger partial charge in [-0.15, -0.1) is 0 Å². The van der Waals surface area contributed by atoms with Crippen LogP contribution in [-0.4, -0.2) is 18.8 Å². The molecule has 0 saturated heterocycles. The number of aryl methyl sites for hydroxylation is 1. The van der Waals surface area contributed by atoms with E-state index in [1.54, 1.807) is 0 Å². The van der Waals surface area contributed by atoms with Crippen molar-refractivity contribution in [3.8, 4) is 16.9 Å². The zero-order valence-electron chi connectivity index (χ0n) is 19.2. The summed E-state index contributed by atoms with van der Waals surface area (Å²) in [6.45, 7) is 13.2. The van der Waals surface area contributed by atoms with Gasteiger partial charge in [0.1, 0.15) is 5.75 Å². The van der Waals surface area contributed by atoms with Gasteiger partial charge in [-0.1, -0.05) is 6.07 Å². The Balaban J connectivity index is 1.96. The maximum atomic E-state index is 6.51. The Hall–Kier alpha value is -2.04. The summed E-state index contributed by atoms with van der Waals surface area (Å²) in [7, 11) is 0. The molecule has 4 heteroatoms. The maximum absolute atomic E-state index is 6.51. The molecule has 2 aromatic rings. The molecule has 0 amide bonds. The third kappa shape index (κ3) is 3.95. The summed E-state index contributed by atoms with van der Waals surface area (Å²) in [5.41, 5.74) is 16.3. The predicted molar refractivity (Wildman–Crippen MR) is 124 cm³/mol. The molecule has 0 saturated carbocycles. The van der Waals surface area contributed by atoms with Crippen LogP contribution in [0.15, 0.2) is 18.2 Å². The first-order chi connectivity index (χ1) is 14.3. The maximum Gasteiger partial charge on any atom is 0.122 e. The predicted octanol–water partition coefficient (Wildman–Crippen LogP) is 5.68. The second-order valence-corrected chi connectivity index (χ2v) is 9.63. The molecule has 0 bridgehead atoms. The number of rotatable bonds is 4. The molecule has 0 spiro atoms. The van der Waals surface area contributed by atoms with Gasteiger partial charge in [0.25, 0.3) is 0 Å². The minimum absolute atomic E-state index is 0.00791. The second kappa shape index (κ2) is 8.24. The minimum Gasteiger partial charge on any atom is -0.493 e. The Kier molecular flexibility index (Phi) is 5.82. The SMILES string of the molecule is Cc1c(CN)c2c(c(C(C)OC(C)(C)C)c1-c1ccc3c(c1)CCCO3)CCCN2. The molecule has 2 aromatic carbocycles. The van der Waals surface area contributed by atoms with E-state index in [1.165, 1.54) is 44.6 Å². The van der Waals surface area contributed by atoms with Gasteiger partial charge in [-0.3, -0.25) is 0 Å². The molecule has 0 aliphatic carbocycles. The first-order valence-electron chi connectivity index (χ1n) is 11.4. The van der Waals surface area contributed by atoms with Crippen LogP contribution >= 0.6 is 0 Å². The summed E-state index contributed by atoms with van der Waals surface area (Å²) >= 11 is 0. The first kappa shape index (κ1) is 21.2. The normalized spacial score (nSPS) is 16.9. The highest BCUT2D eigenvalue weighted by Crippen LogP contribution is 2.45. The van der Waals surface area contributed by atoms with Gasteiger partial charge < -0.3 is 20.5 Å². The average Bonchev–Trinajstić information content (AvgIpc) is 2.71. The van der Waals surface area contributed by atoms with Crippen molar-refractivity contribution >= 4 is 5.69 Å². The van der Waals surface area contributed by atoms with Crippen molar-refractivity contribution in [3.05, 3.63) is 46.0 Å². The molecular formula is C26H36N2O2. The molecule has 2 aliphatic heterocycles. The number of hydrogen-bond acceptors (Lipinski definition) is 4. The third-order valence-electron chi connectivity index (χ3n) is 6.27. The van der Waals surface area contributed by atoms with Gasteiger partial charge in [-0.05, 0) is 111 Å². The van der Waals surface area contributed by atoms with Gasteiger partial charge in [0.15, 0.2) is 0 Å². The molecule has 0 radical (unpaired) electrons. The van der Waals surface area contributed by atoms with Gasteiger partial charge in [0.2, 0.25) is 0 Å². The smallest absolute Gasteiger partial charge is 0.122 e. The molecule has 4 rings (SSSR count). The molecule has 0 fully saturated rings. The lowest BCUT2D eigenvalue weighted by molar-refractivity contribution is -0.0530. The van der Waals surface area contributed by atoms with Gasteiger partial charge in [0, 0.05) is 18.8 Å². The van der Waals surface area contributed by atoms with E-state index in [2.05, 4.69) is 58.1 Å². The topological polar surface area (TPSA) is 56.5 Å². The highest BCUT2D eigenvalue weighted by atomic mass is 16.5. The Morgan fingerprint density at radius 1 is 1.20 bits per heavy atom. The van der Waals surface area contributed by atoms with Crippen molar-refractivity contribution in [3.63, 3.8) is 0 Å². The number of anilines is 1. The summed E-state index contributed by atoms with van der Waals surface area (Å²) in [4.78, 5) is 0. The van der Waals surface area contributed by atoms with Gasteiger partial charge in [-0.25, -0.2) is 0 Å². The highest BCUT2D eigenvalue weighted by Gasteiger charge is 2.29. The van der Waals surface area contributed by atoms with E-state index in [-0.39, 0.29) is 11.7 Å². The van der Waals surface area contributed by atoms with Crippen molar-refractivity contribution in [1.29, 1.82) is 0 Å². The van der Waals surface area contributed by atoms with E-state index in [0.29, 0.717) is 6.54 Å². The molecule has 3 N–H and O–H groups in total. The number of ether oxygens (including phenoxy) is 2. The molecule has 4 nitrogen and oxygen atoms in total. The van der Waals surface area contributed by atoms with Gasteiger partial charge in [0.05, 0.1) is 18.3 Å². The minimum atomic E-state index is -0.212. The number of fused-ring (bicyclic) bond motifs is 2. The first-order valence-corrected chi connectivity index (χ1v) is 11.4. The number of nitrogens with two attached hydrogens (primary N) is 1. The van der Waals surface area contributed by atoms with E-state index in [4.69, 9.17) is 15.2 Å². The Morgan fingerprint density at radius 2 is 2.00 bits per heavy atom. The van der Waals surface area contributed by atoms with Crippen molar-refractivity contribution in [2.75, 3.05) is 18.5 Å². The fraction of sp³-hybridized carbons (Fsp3) is 0.538. The molecular weight excluding hydrogens is 372 g/mol. The summed E-state index contributed by atoms with van der Waals surface area (Å²) < 4.78 is 12.4. The molecule has 1 atom stereocenters.